The number of carbonyl (C=O) groups is 2. The summed E-state index contributed by atoms with van der Waals surface area (Å²) in [5.41, 5.74) is 5.95. The molecule has 0 fully saturated rings. The molecule has 0 heterocycles. The van der Waals surface area contributed by atoms with Gasteiger partial charge >= 0.3 is 0 Å². The van der Waals surface area contributed by atoms with Crippen LogP contribution in [0.1, 0.15) is 17.3 Å². The molecular formula is C12H17BrClN3O2. The van der Waals surface area contributed by atoms with Crippen LogP contribution in [0.15, 0.2) is 28.7 Å². The first-order chi connectivity index (χ1) is 8.50. The predicted octanol–water partition coefficient (Wildman–Crippen LogP) is 1.06. The molecule has 4 N–H and O–H groups in total. The van der Waals surface area contributed by atoms with Crippen molar-refractivity contribution >= 4 is 40.2 Å². The van der Waals surface area contributed by atoms with Crippen molar-refractivity contribution in [1.29, 1.82) is 0 Å². The van der Waals surface area contributed by atoms with Gasteiger partial charge in [0.15, 0.2) is 0 Å². The Kier molecular flexibility index (Phi) is 8.38. The minimum absolute atomic E-state index is 0. The Morgan fingerprint density at radius 1 is 1.32 bits per heavy atom. The highest BCUT2D eigenvalue weighted by Crippen LogP contribution is 2.11. The van der Waals surface area contributed by atoms with Crippen LogP contribution < -0.4 is 16.4 Å². The van der Waals surface area contributed by atoms with E-state index in [9.17, 15) is 9.59 Å². The quantitative estimate of drug-likeness (QED) is 0.694. The number of carbonyl (C=O) groups excluding carboxylic acids is 2. The minimum Gasteiger partial charge on any atom is -0.353 e. The molecule has 5 nitrogen and oxygen atoms in total. The molecule has 0 aliphatic rings. The highest BCUT2D eigenvalue weighted by atomic mass is 79.9. The van der Waals surface area contributed by atoms with Crippen LogP contribution in [0.4, 0.5) is 0 Å². The van der Waals surface area contributed by atoms with Gasteiger partial charge in [0.25, 0.3) is 5.91 Å². The Morgan fingerprint density at radius 3 is 2.53 bits per heavy atom. The monoisotopic (exact) mass is 349 g/mol. The molecule has 0 saturated carbocycles. The maximum absolute atomic E-state index is 11.7. The molecule has 0 saturated heterocycles. The standard InChI is InChI=1S/C12H16BrN3O2.ClH/c1-8(14)11(17)15-5-6-16-12(18)9-3-2-4-10(13)7-9;/h2-4,7-8H,5-6,14H2,1H3,(H,15,17)(H,16,18);1H/t8-;/m1./s1. The smallest absolute Gasteiger partial charge is 0.251 e. The molecule has 19 heavy (non-hydrogen) atoms. The molecule has 106 valence electrons. The van der Waals surface area contributed by atoms with E-state index in [1.807, 2.05) is 6.07 Å². The zero-order valence-corrected chi connectivity index (χ0v) is 12.9. The van der Waals surface area contributed by atoms with Crippen molar-refractivity contribution in [3.63, 3.8) is 0 Å². The lowest BCUT2D eigenvalue weighted by molar-refractivity contribution is -0.121. The summed E-state index contributed by atoms with van der Waals surface area (Å²) in [5, 5.41) is 5.32. The van der Waals surface area contributed by atoms with Crippen molar-refractivity contribution in [2.45, 2.75) is 13.0 Å². The van der Waals surface area contributed by atoms with E-state index in [0.717, 1.165) is 4.47 Å². The van der Waals surface area contributed by atoms with Gasteiger partial charge in [0.1, 0.15) is 0 Å². The SMILES string of the molecule is C[C@@H](N)C(=O)NCCNC(=O)c1cccc(Br)c1.Cl. The van der Waals surface area contributed by atoms with Crippen LogP contribution in [0.2, 0.25) is 0 Å². The van der Waals surface area contributed by atoms with Gasteiger partial charge in [-0.05, 0) is 25.1 Å². The molecule has 0 aliphatic carbocycles. The van der Waals surface area contributed by atoms with Crippen LogP contribution in [0.3, 0.4) is 0 Å². The van der Waals surface area contributed by atoms with E-state index in [2.05, 4.69) is 26.6 Å². The highest BCUT2D eigenvalue weighted by molar-refractivity contribution is 9.10. The number of rotatable bonds is 5. The third-order valence-corrected chi connectivity index (χ3v) is 2.70. The van der Waals surface area contributed by atoms with Gasteiger partial charge in [-0.25, -0.2) is 0 Å². The Hall–Kier alpha value is -1.11. The molecule has 0 bridgehead atoms. The Bertz CT molecular complexity index is 441. The lowest BCUT2D eigenvalue weighted by Gasteiger charge is -2.08. The first-order valence-corrected chi connectivity index (χ1v) is 6.37. The zero-order valence-electron chi connectivity index (χ0n) is 10.5. The number of halogens is 2. The normalized spacial score (nSPS) is 11.1. The van der Waals surface area contributed by atoms with Gasteiger partial charge < -0.3 is 16.4 Å². The first-order valence-electron chi connectivity index (χ1n) is 5.58. The second kappa shape index (κ2) is 8.90. The number of nitrogens with two attached hydrogens (primary N) is 1. The topological polar surface area (TPSA) is 84.2 Å². The highest BCUT2D eigenvalue weighted by Gasteiger charge is 2.07. The number of hydrogen-bond donors (Lipinski definition) is 3. The minimum atomic E-state index is -0.536. The lowest BCUT2D eigenvalue weighted by atomic mass is 10.2. The molecule has 0 radical (unpaired) electrons. The average molecular weight is 351 g/mol. The molecule has 1 rings (SSSR count). The van der Waals surface area contributed by atoms with Crippen LogP contribution in [0.25, 0.3) is 0 Å². The van der Waals surface area contributed by atoms with Crippen molar-refractivity contribution in [3.8, 4) is 0 Å². The van der Waals surface area contributed by atoms with Gasteiger partial charge in [0.2, 0.25) is 5.91 Å². The van der Waals surface area contributed by atoms with Crippen LogP contribution in [0.5, 0.6) is 0 Å². The predicted molar refractivity (Wildman–Crippen MR) is 80.4 cm³/mol. The molecule has 1 aromatic rings. The molecule has 0 unspecified atom stereocenters. The molecular weight excluding hydrogens is 334 g/mol. The fraction of sp³-hybridized carbons (Fsp3) is 0.333. The Morgan fingerprint density at radius 2 is 1.95 bits per heavy atom. The maximum atomic E-state index is 11.7. The molecule has 0 aliphatic heterocycles. The zero-order chi connectivity index (χ0) is 13.5. The van der Waals surface area contributed by atoms with E-state index >= 15 is 0 Å². The van der Waals surface area contributed by atoms with Gasteiger partial charge in [-0.3, -0.25) is 9.59 Å². The molecule has 2 amide bonds. The molecule has 1 aromatic carbocycles. The van der Waals surface area contributed by atoms with Crippen molar-refractivity contribution in [2.75, 3.05) is 13.1 Å². The summed E-state index contributed by atoms with van der Waals surface area (Å²) in [6.45, 7) is 2.33. The van der Waals surface area contributed by atoms with E-state index in [1.54, 1.807) is 25.1 Å². The van der Waals surface area contributed by atoms with Crippen LogP contribution in [-0.2, 0) is 4.79 Å². The van der Waals surface area contributed by atoms with Gasteiger partial charge in [0, 0.05) is 23.1 Å². The third-order valence-electron chi connectivity index (χ3n) is 2.21. The molecule has 1 atom stereocenters. The molecule has 0 spiro atoms. The molecule has 7 heteroatoms. The largest absolute Gasteiger partial charge is 0.353 e. The number of hydrogen-bond acceptors (Lipinski definition) is 3. The van der Waals surface area contributed by atoms with Crippen molar-refractivity contribution in [2.24, 2.45) is 5.73 Å². The van der Waals surface area contributed by atoms with E-state index in [4.69, 9.17) is 5.73 Å². The van der Waals surface area contributed by atoms with Crippen molar-refractivity contribution < 1.29 is 9.59 Å². The number of benzene rings is 1. The van der Waals surface area contributed by atoms with Crippen LogP contribution in [-0.4, -0.2) is 30.9 Å². The van der Waals surface area contributed by atoms with E-state index in [0.29, 0.717) is 18.7 Å². The van der Waals surface area contributed by atoms with Crippen LogP contribution in [0, 0.1) is 0 Å². The second-order valence-electron chi connectivity index (χ2n) is 3.85. The summed E-state index contributed by atoms with van der Waals surface area (Å²) < 4.78 is 0.848. The average Bonchev–Trinajstić information content (AvgIpc) is 2.33. The van der Waals surface area contributed by atoms with Gasteiger partial charge in [-0.2, -0.15) is 0 Å². The van der Waals surface area contributed by atoms with Crippen molar-refractivity contribution in [1.82, 2.24) is 10.6 Å². The number of nitrogens with one attached hydrogen (secondary N) is 2. The molecule has 0 aromatic heterocycles. The second-order valence-corrected chi connectivity index (χ2v) is 4.76. The van der Waals surface area contributed by atoms with Crippen LogP contribution >= 0.6 is 28.3 Å². The Balaban J connectivity index is 0.00000324. The van der Waals surface area contributed by atoms with Gasteiger partial charge in [-0.1, -0.05) is 22.0 Å². The summed E-state index contributed by atoms with van der Waals surface area (Å²) in [6.07, 6.45) is 0. The van der Waals surface area contributed by atoms with Gasteiger partial charge in [-0.15, -0.1) is 12.4 Å². The van der Waals surface area contributed by atoms with Crippen molar-refractivity contribution in [3.05, 3.63) is 34.3 Å². The fourth-order valence-electron chi connectivity index (χ4n) is 1.25. The summed E-state index contributed by atoms with van der Waals surface area (Å²) in [4.78, 5) is 22.9. The first kappa shape index (κ1) is 17.9. The summed E-state index contributed by atoms with van der Waals surface area (Å²) >= 11 is 3.30. The van der Waals surface area contributed by atoms with E-state index < -0.39 is 6.04 Å². The third kappa shape index (κ3) is 6.56. The van der Waals surface area contributed by atoms with E-state index in [-0.39, 0.29) is 24.2 Å². The Labute approximate surface area is 126 Å². The summed E-state index contributed by atoms with van der Waals surface area (Å²) in [5.74, 6) is -0.405. The lowest BCUT2D eigenvalue weighted by Crippen LogP contribution is -2.42. The fourth-order valence-corrected chi connectivity index (χ4v) is 1.65. The maximum Gasteiger partial charge on any atom is 0.251 e. The summed E-state index contributed by atoms with van der Waals surface area (Å²) in [7, 11) is 0. The van der Waals surface area contributed by atoms with E-state index in [1.165, 1.54) is 0 Å². The summed E-state index contributed by atoms with van der Waals surface area (Å²) in [6, 6.07) is 6.55. The van der Waals surface area contributed by atoms with Gasteiger partial charge in [0.05, 0.1) is 6.04 Å². The number of amides is 2.